The van der Waals surface area contributed by atoms with Gasteiger partial charge in [0, 0.05) is 19.3 Å². The fraction of sp³-hybridized carbons (Fsp3) is 0.750. The molecule has 0 aromatic carbocycles. The number of nitrogens with one attached hydrogen (secondary N) is 1. The third-order valence-corrected chi connectivity index (χ3v) is 4.10. The van der Waals surface area contributed by atoms with Crippen molar-refractivity contribution in [2.24, 2.45) is 7.05 Å². The Balaban J connectivity index is 0.00000144. The molecule has 0 amide bonds. The van der Waals surface area contributed by atoms with Gasteiger partial charge in [0.15, 0.2) is 0 Å². The van der Waals surface area contributed by atoms with Crippen LogP contribution in [-0.2, 0) is 13.5 Å². The maximum atomic E-state index is 4.18. The molecule has 0 saturated carbocycles. The molecule has 17 heavy (non-hydrogen) atoms. The van der Waals surface area contributed by atoms with Crippen molar-refractivity contribution in [1.29, 1.82) is 0 Å². The highest BCUT2D eigenvalue weighted by Gasteiger charge is 2.11. The normalized spacial score (nSPS) is 16.8. The predicted molar refractivity (Wildman–Crippen MR) is 77.1 cm³/mol. The van der Waals surface area contributed by atoms with Crippen molar-refractivity contribution in [3.63, 3.8) is 0 Å². The Morgan fingerprint density at radius 3 is 2.88 bits per heavy atom. The SMILES string of the molecule is Cl.Cn1cc(CCCNC2CCSCC2)cn1. The summed E-state index contributed by atoms with van der Waals surface area (Å²) in [5.74, 6) is 2.67. The maximum absolute atomic E-state index is 4.18. The van der Waals surface area contributed by atoms with E-state index in [1.54, 1.807) is 0 Å². The average Bonchev–Trinajstić information content (AvgIpc) is 2.72. The van der Waals surface area contributed by atoms with Gasteiger partial charge in [0.25, 0.3) is 0 Å². The third kappa shape index (κ3) is 5.32. The number of nitrogens with zero attached hydrogens (tertiary/aromatic N) is 2. The summed E-state index contributed by atoms with van der Waals surface area (Å²) in [7, 11) is 1.97. The smallest absolute Gasteiger partial charge is 0.0521 e. The van der Waals surface area contributed by atoms with Crippen LogP contribution in [0.3, 0.4) is 0 Å². The van der Waals surface area contributed by atoms with E-state index in [2.05, 4.69) is 28.4 Å². The highest BCUT2D eigenvalue weighted by molar-refractivity contribution is 7.99. The van der Waals surface area contributed by atoms with E-state index >= 15 is 0 Å². The summed E-state index contributed by atoms with van der Waals surface area (Å²) in [5, 5.41) is 7.84. The first-order chi connectivity index (χ1) is 7.84. The number of aromatic nitrogens is 2. The second kappa shape index (κ2) is 8.01. The molecule has 5 heteroatoms. The minimum absolute atomic E-state index is 0. The molecule has 0 radical (unpaired) electrons. The van der Waals surface area contributed by atoms with Gasteiger partial charge in [0.2, 0.25) is 0 Å². The molecule has 1 aliphatic heterocycles. The zero-order valence-electron chi connectivity index (χ0n) is 10.4. The lowest BCUT2D eigenvalue weighted by atomic mass is 10.1. The largest absolute Gasteiger partial charge is 0.314 e. The van der Waals surface area contributed by atoms with E-state index < -0.39 is 0 Å². The van der Waals surface area contributed by atoms with Crippen molar-refractivity contribution in [3.8, 4) is 0 Å². The Bertz CT molecular complexity index is 310. The van der Waals surface area contributed by atoms with Crippen LogP contribution in [0.1, 0.15) is 24.8 Å². The average molecular weight is 276 g/mol. The van der Waals surface area contributed by atoms with Gasteiger partial charge in [-0.05, 0) is 49.3 Å². The highest BCUT2D eigenvalue weighted by Crippen LogP contribution is 2.16. The minimum atomic E-state index is 0. The van der Waals surface area contributed by atoms with Crippen molar-refractivity contribution in [2.45, 2.75) is 31.7 Å². The van der Waals surface area contributed by atoms with Crippen molar-refractivity contribution in [1.82, 2.24) is 15.1 Å². The third-order valence-electron chi connectivity index (χ3n) is 3.05. The molecular formula is C12H22ClN3S. The second-order valence-corrected chi connectivity index (χ2v) is 5.69. The van der Waals surface area contributed by atoms with Crippen molar-refractivity contribution in [3.05, 3.63) is 18.0 Å². The molecule has 0 atom stereocenters. The van der Waals surface area contributed by atoms with Crippen molar-refractivity contribution >= 4 is 24.2 Å². The second-order valence-electron chi connectivity index (χ2n) is 4.47. The van der Waals surface area contributed by atoms with Gasteiger partial charge in [-0.3, -0.25) is 4.68 Å². The maximum Gasteiger partial charge on any atom is 0.0521 e. The zero-order valence-corrected chi connectivity index (χ0v) is 12.0. The lowest BCUT2D eigenvalue weighted by Gasteiger charge is -2.22. The lowest BCUT2D eigenvalue weighted by Crippen LogP contribution is -2.33. The van der Waals surface area contributed by atoms with Crippen LogP contribution >= 0.6 is 24.2 Å². The van der Waals surface area contributed by atoms with Crippen molar-refractivity contribution < 1.29 is 0 Å². The Morgan fingerprint density at radius 1 is 1.47 bits per heavy atom. The number of hydrogen-bond acceptors (Lipinski definition) is 3. The van der Waals surface area contributed by atoms with Gasteiger partial charge in [0.05, 0.1) is 6.20 Å². The van der Waals surface area contributed by atoms with E-state index in [1.165, 1.54) is 36.3 Å². The minimum Gasteiger partial charge on any atom is -0.314 e. The Kier molecular flexibility index (Phi) is 7.00. The number of thioether (sulfide) groups is 1. The molecule has 2 rings (SSSR count). The summed E-state index contributed by atoms with van der Waals surface area (Å²) in [6.45, 7) is 1.14. The molecule has 3 nitrogen and oxygen atoms in total. The molecule has 1 aliphatic rings. The van der Waals surface area contributed by atoms with Crippen LogP contribution in [0.5, 0.6) is 0 Å². The quantitative estimate of drug-likeness (QED) is 0.836. The van der Waals surface area contributed by atoms with Gasteiger partial charge in [0.1, 0.15) is 0 Å². The van der Waals surface area contributed by atoms with E-state index in [9.17, 15) is 0 Å². The summed E-state index contributed by atoms with van der Waals surface area (Å²) in [5.41, 5.74) is 1.35. The first-order valence-electron chi connectivity index (χ1n) is 6.13. The summed E-state index contributed by atoms with van der Waals surface area (Å²) < 4.78 is 1.88. The highest BCUT2D eigenvalue weighted by atomic mass is 35.5. The van der Waals surface area contributed by atoms with Gasteiger partial charge in [-0.1, -0.05) is 0 Å². The molecule has 1 aromatic rings. The fourth-order valence-corrected chi connectivity index (χ4v) is 3.21. The molecule has 98 valence electrons. The molecule has 1 saturated heterocycles. The molecule has 0 aliphatic carbocycles. The Morgan fingerprint density at radius 2 is 2.24 bits per heavy atom. The van der Waals surface area contributed by atoms with Crippen molar-refractivity contribution in [2.75, 3.05) is 18.1 Å². The summed E-state index contributed by atoms with van der Waals surface area (Å²) in [4.78, 5) is 0. The Labute approximate surface area is 114 Å². The molecular weight excluding hydrogens is 254 g/mol. The van der Waals surface area contributed by atoms with Gasteiger partial charge in [-0.2, -0.15) is 16.9 Å². The lowest BCUT2D eigenvalue weighted by molar-refractivity contribution is 0.477. The number of aryl methyl sites for hydroxylation is 2. The number of hydrogen-bond donors (Lipinski definition) is 1. The first kappa shape index (κ1) is 14.9. The molecule has 2 heterocycles. The standard InChI is InChI=1S/C12H21N3S.ClH/c1-15-10-11(9-14-15)3-2-6-13-12-4-7-16-8-5-12;/h9-10,12-13H,2-8H2,1H3;1H. The van der Waals surface area contributed by atoms with Crippen LogP contribution < -0.4 is 5.32 Å². The molecule has 0 unspecified atom stereocenters. The first-order valence-corrected chi connectivity index (χ1v) is 7.29. The fourth-order valence-electron chi connectivity index (χ4n) is 2.10. The molecule has 0 spiro atoms. The molecule has 1 N–H and O–H groups in total. The number of rotatable bonds is 5. The summed E-state index contributed by atoms with van der Waals surface area (Å²) >= 11 is 2.09. The van der Waals surface area contributed by atoms with E-state index in [0.717, 1.165) is 19.0 Å². The zero-order chi connectivity index (χ0) is 11.2. The van der Waals surface area contributed by atoms with E-state index in [0.29, 0.717) is 0 Å². The van der Waals surface area contributed by atoms with E-state index in [1.807, 2.05) is 17.9 Å². The van der Waals surface area contributed by atoms with E-state index in [4.69, 9.17) is 0 Å². The monoisotopic (exact) mass is 275 g/mol. The topological polar surface area (TPSA) is 29.9 Å². The molecule has 0 bridgehead atoms. The van der Waals surface area contributed by atoms with Crippen LogP contribution in [0, 0.1) is 0 Å². The van der Waals surface area contributed by atoms with Crippen LogP contribution in [0.15, 0.2) is 12.4 Å². The van der Waals surface area contributed by atoms with Crippen LogP contribution in [0.2, 0.25) is 0 Å². The van der Waals surface area contributed by atoms with Gasteiger partial charge in [-0.25, -0.2) is 0 Å². The predicted octanol–water partition coefficient (Wildman–Crippen LogP) is 2.26. The van der Waals surface area contributed by atoms with Gasteiger partial charge in [-0.15, -0.1) is 12.4 Å². The van der Waals surface area contributed by atoms with Crippen LogP contribution in [-0.4, -0.2) is 33.9 Å². The van der Waals surface area contributed by atoms with Gasteiger partial charge < -0.3 is 5.32 Å². The molecule has 1 fully saturated rings. The van der Waals surface area contributed by atoms with Crippen LogP contribution in [0.4, 0.5) is 0 Å². The molecule has 1 aromatic heterocycles. The van der Waals surface area contributed by atoms with E-state index in [-0.39, 0.29) is 12.4 Å². The Hall–Kier alpha value is -0.190. The summed E-state index contributed by atoms with van der Waals surface area (Å²) in [6, 6.07) is 0.773. The number of halogens is 1. The van der Waals surface area contributed by atoms with Crippen LogP contribution in [0.25, 0.3) is 0 Å². The summed E-state index contributed by atoms with van der Waals surface area (Å²) in [6.07, 6.45) is 9.13. The van der Waals surface area contributed by atoms with Gasteiger partial charge >= 0.3 is 0 Å².